The van der Waals surface area contributed by atoms with Gasteiger partial charge in [0.15, 0.2) is 10.9 Å². The number of imide groups is 1. The maximum absolute atomic E-state index is 13.9. The zero-order chi connectivity index (χ0) is 21.7. The highest BCUT2D eigenvalue weighted by Crippen LogP contribution is 2.31. The molecule has 1 aromatic heterocycles. The van der Waals surface area contributed by atoms with E-state index in [1.807, 2.05) is 4.90 Å². The zero-order valence-corrected chi connectivity index (χ0v) is 17.0. The Bertz CT molecular complexity index is 1200. The maximum atomic E-state index is 13.9. The fraction of sp³-hybridized carbons (Fsp3) is 0.238. The molecule has 0 aliphatic carbocycles. The Morgan fingerprint density at radius 2 is 1.65 bits per heavy atom. The van der Waals surface area contributed by atoms with Crippen molar-refractivity contribution in [3.63, 3.8) is 0 Å². The summed E-state index contributed by atoms with van der Waals surface area (Å²) in [5.74, 6) is -2.59. The van der Waals surface area contributed by atoms with E-state index in [2.05, 4.69) is 4.98 Å². The lowest BCUT2D eigenvalue weighted by Crippen LogP contribution is -2.51. The van der Waals surface area contributed by atoms with Crippen LogP contribution in [0.2, 0.25) is 0 Å². The molecule has 0 atom stereocenters. The Hall–Kier alpha value is -3.40. The van der Waals surface area contributed by atoms with Crippen LogP contribution in [0.5, 0.6) is 0 Å². The summed E-state index contributed by atoms with van der Waals surface area (Å²) in [6, 6.07) is 8.56. The molecule has 0 spiro atoms. The smallest absolute Gasteiger partial charge is 0.262 e. The average molecular weight is 442 g/mol. The Balaban J connectivity index is 1.24. The number of hydrogen-bond donors (Lipinski definition) is 0. The van der Waals surface area contributed by atoms with Gasteiger partial charge in [-0.2, -0.15) is 0 Å². The summed E-state index contributed by atoms with van der Waals surface area (Å²) in [5.41, 5.74) is 0.750. The van der Waals surface area contributed by atoms with E-state index in [0.717, 1.165) is 11.0 Å². The molecule has 0 saturated carbocycles. The zero-order valence-electron chi connectivity index (χ0n) is 16.2. The number of nitrogens with zero attached hydrogens (tertiary/aromatic N) is 4. The van der Waals surface area contributed by atoms with Crippen LogP contribution in [0.3, 0.4) is 0 Å². The number of amides is 3. The second kappa shape index (κ2) is 7.38. The van der Waals surface area contributed by atoms with Crippen LogP contribution < -0.4 is 4.90 Å². The van der Waals surface area contributed by atoms with Crippen LogP contribution in [0.1, 0.15) is 20.7 Å². The molecule has 10 heteroatoms. The highest BCUT2D eigenvalue weighted by Gasteiger charge is 2.37. The van der Waals surface area contributed by atoms with Crippen molar-refractivity contribution in [2.75, 3.05) is 37.6 Å². The Morgan fingerprint density at radius 1 is 1.00 bits per heavy atom. The summed E-state index contributed by atoms with van der Waals surface area (Å²) in [4.78, 5) is 46.4. The third-order valence-electron chi connectivity index (χ3n) is 5.48. The first kappa shape index (κ1) is 19.6. The molecule has 158 valence electrons. The van der Waals surface area contributed by atoms with Crippen molar-refractivity contribution < 1.29 is 23.2 Å². The number of carbonyl (C=O) groups is 3. The molecule has 2 aliphatic heterocycles. The van der Waals surface area contributed by atoms with Gasteiger partial charge >= 0.3 is 0 Å². The minimum Gasteiger partial charge on any atom is -0.345 e. The minimum atomic E-state index is -0.702. The van der Waals surface area contributed by atoms with Crippen LogP contribution in [-0.4, -0.2) is 65.2 Å². The highest BCUT2D eigenvalue weighted by atomic mass is 32.1. The number of aromatic nitrogens is 1. The minimum absolute atomic E-state index is 0.130. The maximum Gasteiger partial charge on any atom is 0.262 e. The molecule has 31 heavy (non-hydrogen) atoms. The molecule has 0 N–H and O–H groups in total. The second-order valence-electron chi connectivity index (χ2n) is 7.34. The van der Waals surface area contributed by atoms with Gasteiger partial charge in [-0.15, -0.1) is 0 Å². The molecule has 2 aromatic carbocycles. The standard InChI is InChI=1S/C21H16F2N4O3S/c22-12-9-15(23)18-16(10-12)31-21(24-18)26-7-5-25(6-8-26)17(28)11-27-19(29)13-3-1-2-4-14(13)20(27)30/h1-4,9-10H,5-8,11H2. The van der Waals surface area contributed by atoms with Crippen LogP contribution in [0, 0.1) is 11.6 Å². The molecule has 1 saturated heterocycles. The SMILES string of the molecule is O=C(CN1C(=O)c2ccccc2C1=O)N1CCN(c2nc3c(F)cc(F)cc3s2)CC1. The van der Waals surface area contributed by atoms with Crippen molar-refractivity contribution in [3.8, 4) is 0 Å². The predicted molar refractivity (Wildman–Crippen MR) is 110 cm³/mol. The average Bonchev–Trinajstić information content (AvgIpc) is 3.30. The van der Waals surface area contributed by atoms with E-state index in [9.17, 15) is 23.2 Å². The van der Waals surface area contributed by atoms with Crippen LogP contribution in [0.15, 0.2) is 36.4 Å². The van der Waals surface area contributed by atoms with Gasteiger partial charge in [0.1, 0.15) is 17.9 Å². The van der Waals surface area contributed by atoms with Crippen molar-refractivity contribution in [1.82, 2.24) is 14.8 Å². The molecule has 2 aliphatic rings. The van der Waals surface area contributed by atoms with Crippen molar-refractivity contribution >= 4 is 44.4 Å². The number of hydrogen-bond acceptors (Lipinski definition) is 6. The van der Waals surface area contributed by atoms with Crippen LogP contribution in [0.4, 0.5) is 13.9 Å². The van der Waals surface area contributed by atoms with Crippen molar-refractivity contribution in [1.29, 1.82) is 0 Å². The van der Waals surface area contributed by atoms with Crippen molar-refractivity contribution in [2.24, 2.45) is 0 Å². The number of fused-ring (bicyclic) bond motifs is 2. The molecule has 5 rings (SSSR count). The first-order valence-corrected chi connectivity index (χ1v) is 10.5. The summed E-state index contributed by atoms with van der Waals surface area (Å²) >= 11 is 1.20. The monoisotopic (exact) mass is 442 g/mol. The third kappa shape index (κ3) is 3.32. The van der Waals surface area contributed by atoms with Crippen molar-refractivity contribution in [3.05, 3.63) is 59.2 Å². The molecule has 3 heterocycles. The van der Waals surface area contributed by atoms with E-state index in [1.165, 1.54) is 17.4 Å². The van der Waals surface area contributed by atoms with Gasteiger partial charge in [0.2, 0.25) is 5.91 Å². The summed E-state index contributed by atoms with van der Waals surface area (Å²) in [7, 11) is 0. The normalized spacial score (nSPS) is 16.4. The number of carbonyl (C=O) groups excluding carboxylic acids is 3. The van der Waals surface area contributed by atoms with Crippen LogP contribution >= 0.6 is 11.3 Å². The fourth-order valence-corrected chi connectivity index (χ4v) is 4.90. The summed E-state index contributed by atoms with van der Waals surface area (Å²) in [5, 5.41) is 0.562. The molecule has 1 fully saturated rings. The van der Waals surface area contributed by atoms with Gasteiger partial charge in [0, 0.05) is 32.2 Å². The number of thiazole rings is 1. The Labute approximate surface area is 179 Å². The lowest BCUT2D eigenvalue weighted by molar-refractivity contribution is -0.131. The summed E-state index contributed by atoms with van der Waals surface area (Å²) in [6.07, 6.45) is 0. The van der Waals surface area contributed by atoms with Gasteiger partial charge in [0.25, 0.3) is 11.8 Å². The van der Waals surface area contributed by atoms with Crippen LogP contribution in [0.25, 0.3) is 10.2 Å². The van der Waals surface area contributed by atoms with Gasteiger partial charge in [0.05, 0.1) is 15.8 Å². The molecule has 0 radical (unpaired) electrons. The number of piperazine rings is 1. The molecular formula is C21H16F2N4O3S. The Morgan fingerprint density at radius 3 is 2.29 bits per heavy atom. The lowest BCUT2D eigenvalue weighted by Gasteiger charge is -2.35. The largest absolute Gasteiger partial charge is 0.345 e. The molecule has 0 bridgehead atoms. The summed E-state index contributed by atoms with van der Waals surface area (Å²) in [6.45, 7) is 1.34. The van der Waals surface area contributed by atoms with Crippen LogP contribution in [-0.2, 0) is 4.79 Å². The molecule has 0 unspecified atom stereocenters. The van der Waals surface area contributed by atoms with E-state index in [1.54, 1.807) is 29.2 Å². The number of benzene rings is 2. The molecule has 3 aromatic rings. The first-order valence-electron chi connectivity index (χ1n) is 9.66. The quantitative estimate of drug-likeness (QED) is 0.583. The number of anilines is 1. The second-order valence-corrected chi connectivity index (χ2v) is 8.35. The fourth-order valence-electron chi connectivity index (χ4n) is 3.85. The van der Waals surface area contributed by atoms with Gasteiger partial charge in [-0.1, -0.05) is 23.5 Å². The van der Waals surface area contributed by atoms with E-state index in [4.69, 9.17) is 0 Å². The molecule has 7 nitrogen and oxygen atoms in total. The van der Waals surface area contributed by atoms with E-state index in [0.29, 0.717) is 47.1 Å². The molecular weight excluding hydrogens is 426 g/mol. The Kier molecular flexibility index (Phi) is 4.66. The van der Waals surface area contributed by atoms with Gasteiger partial charge in [-0.05, 0) is 18.2 Å². The van der Waals surface area contributed by atoms with Gasteiger partial charge in [-0.25, -0.2) is 13.8 Å². The van der Waals surface area contributed by atoms with E-state index in [-0.39, 0.29) is 18.0 Å². The molecule has 3 amide bonds. The topological polar surface area (TPSA) is 73.8 Å². The van der Waals surface area contributed by atoms with E-state index >= 15 is 0 Å². The third-order valence-corrected chi connectivity index (χ3v) is 6.54. The summed E-state index contributed by atoms with van der Waals surface area (Å²) < 4.78 is 27.8. The number of rotatable bonds is 3. The number of halogens is 2. The van der Waals surface area contributed by atoms with E-state index < -0.39 is 23.4 Å². The lowest BCUT2D eigenvalue weighted by atomic mass is 10.1. The van der Waals surface area contributed by atoms with Gasteiger partial charge < -0.3 is 9.80 Å². The van der Waals surface area contributed by atoms with Crippen molar-refractivity contribution in [2.45, 2.75) is 0 Å². The first-order chi connectivity index (χ1) is 14.9. The predicted octanol–water partition coefficient (Wildman–Crippen LogP) is 2.52. The highest BCUT2D eigenvalue weighted by molar-refractivity contribution is 7.22. The van der Waals surface area contributed by atoms with Gasteiger partial charge in [-0.3, -0.25) is 19.3 Å².